The lowest BCUT2D eigenvalue weighted by Crippen LogP contribution is -2.16. The zero-order valence-electron chi connectivity index (χ0n) is 16.1. The second-order valence-corrected chi connectivity index (χ2v) is 7.41. The first-order valence-electron chi connectivity index (χ1n) is 9.24. The number of rotatable bonds is 9. The maximum atomic E-state index is 13.2. The lowest BCUT2D eigenvalue weighted by atomic mass is 10.1. The van der Waals surface area contributed by atoms with Gasteiger partial charge in [-0.2, -0.15) is 0 Å². The summed E-state index contributed by atoms with van der Waals surface area (Å²) >= 11 is 12.0. The summed E-state index contributed by atoms with van der Waals surface area (Å²) in [6, 6.07) is 17.9. The van der Waals surface area contributed by atoms with Crippen LogP contribution in [0.4, 0.5) is 4.39 Å². The highest BCUT2D eigenvalue weighted by Crippen LogP contribution is 2.29. The molecule has 6 heteroatoms. The molecular formula is C23H22Cl2FNO2. The van der Waals surface area contributed by atoms with Crippen LogP contribution in [-0.4, -0.2) is 13.7 Å². The molecule has 0 atom stereocenters. The molecule has 3 rings (SSSR count). The van der Waals surface area contributed by atoms with E-state index in [2.05, 4.69) is 5.32 Å². The Morgan fingerprint density at radius 2 is 1.66 bits per heavy atom. The number of methoxy groups -OCH3 is 1. The van der Waals surface area contributed by atoms with Crippen LogP contribution in [0.1, 0.15) is 16.7 Å². The van der Waals surface area contributed by atoms with Gasteiger partial charge >= 0.3 is 0 Å². The highest BCUT2D eigenvalue weighted by molar-refractivity contribution is 6.31. The van der Waals surface area contributed by atoms with Crippen LogP contribution in [-0.2, 0) is 19.6 Å². The van der Waals surface area contributed by atoms with E-state index in [0.29, 0.717) is 28.6 Å². The molecule has 0 unspecified atom stereocenters. The summed E-state index contributed by atoms with van der Waals surface area (Å²) in [5.41, 5.74) is 3.04. The molecule has 29 heavy (non-hydrogen) atoms. The van der Waals surface area contributed by atoms with Crippen molar-refractivity contribution in [3.63, 3.8) is 0 Å². The van der Waals surface area contributed by atoms with Crippen molar-refractivity contribution in [2.24, 2.45) is 0 Å². The van der Waals surface area contributed by atoms with Crippen molar-refractivity contribution in [1.29, 1.82) is 0 Å². The molecule has 0 spiro atoms. The van der Waals surface area contributed by atoms with E-state index in [1.807, 2.05) is 42.5 Å². The molecular weight excluding hydrogens is 412 g/mol. The van der Waals surface area contributed by atoms with Crippen LogP contribution >= 0.6 is 23.2 Å². The van der Waals surface area contributed by atoms with Crippen LogP contribution < -0.4 is 14.8 Å². The van der Waals surface area contributed by atoms with Gasteiger partial charge in [-0.25, -0.2) is 4.39 Å². The average molecular weight is 434 g/mol. The Bertz CT molecular complexity index is 948. The minimum Gasteiger partial charge on any atom is -0.493 e. The van der Waals surface area contributed by atoms with Crippen LogP contribution in [0.2, 0.25) is 10.0 Å². The van der Waals surface area contributed by atoms with Gasteiger partial charge in [0.2, 0.25) is 0 Å². The minimum absolute atomic E-state index is 0.230. The summed E-state index contributed by atoms with van der Waals surface area (Å²) in [6.07, 6.45) is 0.925. The summed E-state index contributed by atoms with van der Waals surface area (Å²) in [5, 5.41) is 4.51. The van der Waals surface area contributed by atoms with Gasteiger partial charge in [0.05, 0.1) is 12.1 Å². The maximum Gasteiger partial charge on any atom is 0.161 e. The van der Waals surface area contributed by atoms with Crippen molar-refractivity contribution in [2.45, 2.75) is 19.6 Å². The van der Waals surface area contributed by atoms with Gasteiger partial charge in [0, 0.05) is 17.1 Å². The van der Waals surface area contributed by atoms with E-state index >= 15 is 0 Å². The minimum atomic E-state index is -0.371. The Balaban J connectivity index is 1.53. The van der Waals surface area contributed by atoms with Crippen LogP contribution in [0.15, 0.2) is 60.7 Å². The SMILES string of the molecule is COc1cc(CNCCc2ccc(Cl)cc2)ccc1OCc1ccc(F)cc1Cl. The summed E-state index contributed by atoms with van der Waals surface area (Å²) in [4.78, 5) is 0. The van der Waals surface area contributed by atoms with Crippen LogP contribution in [0, 0.1) is 5.82 Å². The first kappa shape index (κ1) is 21.4. The molecule has 1 N–H and O–H groups in total. The zero-order chi connectivity index (χ0) is 20.6. The molecule has 0 aliphatic carbocycles. The fraction of sp³-hybridized carbons (Fsp3) is 0.217. The van der Waals surface area contributed by atoms with Crippen molar-refractivity contribution < 1.29 is 13.9 Å². The van der Waals surface area contributed by atoms with Gasteiger partial charge in [0.15, 0.2) is 11.5 Å². The fourth-order valence-corrected chi connectivity index (χ4v) is 3.20. The van der Waals surface area contributed by atoms with Crippen molar-refractivity contribution in [3.8, 4) is 11.5 Å². The lowest BCUT2D eigenvalue weighted by molar-refractivity contribution is 0.284. The van der Waals surface area contributed by atoms with Crippen molar-refractivity contribution >= 4 is 23.2 Å². The average Bonchev–Trinajstić information content (AvgIpc) is 2.72. The Hall–Kier alpha value is -2.27. The van der Waals surface area contributed by atoms with Crippen LogP contribution in [0.5, 0.6) is 11.5 Å². The first-order chi connectivity index (χ1) is 14.0. The summed E-state index contributed by atoms with van der Waals surface area (Å²) < 4.78 is 24.4. The second kappa shape index (κ2) is 10.5. The predicted octanol–water partition coefficient (Wildman–Crippen LogP) is 6.05. The standard InChI is InChI=1S/C23H22Cl2FNO2/c1-28-23-12-17(14-27-11-10-16-2-6-19(24)7-3-16)4-9-22(23)29-15-18-5-8-20(26)13-21(18)25/h2-9,12-13,27H,10-11,14-15H2,1H3. The molecule has 0 aromatic heterocycles. The number of ether oxygens (including phenoxy) is 2. The fourth-order valence-electron chi connectivity index (χ4n) is 2.85. The van der Waals surface area contributed by atoms with Gasteiger partial charge in [-0.3, -0.25) is 0 Å². The molecule has 3 nitrogen and oxygen atoms in total. The molecule has 0 aliphatic rings. The first-order valence-corrected chi connectivity index (χ1v) is 9.99. The molecule has 0 bridgehead atoms. The third-order valence-corrected chi connectivity index (χ3v) is 5.06. The van der Waals surface area contributed by atoms with E-state index < -0.39 is 0 Å². The van der Waals surface area contributed by atoms with E-state index in [-0.39, 0.29) is 12.4 Å². The number of hydrogen-bond acceptors (Lipinski definition) is 3. The van der Waals surface area contributed by atoms with E-state index in [4.69, 9.17) is 32.7 Å². The number of halogens is 3. The maximum absolute atomic E-state index is 13.2. The second-order valence-electron chi connectivity index (χ2n) is 6.56. The zero-order valence-corrected chi connectivity index (χ0v) is 17.6. The number of nitrogens with one attached hydrogen (secondary N) is 1. The number of hydrogen-bond donors (Lipinski definition) is 1. The Kier molecular flexibility index (Phi) is 7.76. The molecule has 0 saturated heterocycles. The molecule has 0 aliphatic heterocycles. The van der Waals surface area contributed by atoms with E-state index in [9.17, 15) is 4.39 Å². The van der Waals surface area contributed by atoms with E-state index in [1.165, 1.54) is 17.7 Å². The Morgan fingerprint density at radius 1 is 0.897 bits per heavy atom. The van der Waals surface area contributed by atoms with Crippen molar-refractivity contribution in [2.75, 3.05) is 13.7 Å². The molecule has 0 amide bonds. The summed E-state index contributed by atoms with van der Waals surface area (Å²) in [6.45, 7) is 1.80. The van der Waals surface area contributed by atoms with Crippen LogP contribution in [0.25, 0.3) is 0 Å². The van der Waals surface area contributed by atoms with E-state index in [1.54, 1.807) is 13.2 Å². The molecule has 152 valence electrons. The van der Waals surface area contributed by atoms with Gasteiger partial charge in [0.25, 0.3) is 0 Å². The quantitative estimate of drug-likeness (QED) is 0.416. The largest absolute Gasteiger partial charge is 0.493 e. The van der Waals surface area contributed by atoms with Crippen LogP contribution in [0.3, 0.4) is 0 Å². The summed E-state index contributed by atoms with van der Waals surface area (Å²) in [7, 11) is 1.60. The lowest BCUT2D eigenvalue weighted by Gasteiger charge is -2.13. The smallest absolute Gasteiger partial charge is 0.161 e. The van der Waals surface area contributed by atoms with E-state index in [0.717, 1.165) is 23.6 Å². The van der Waals surface area contributed by atoms with Gasteiger partial charge in [0.1, 0.15) is 12.4 Å². The van der Waals surface area contributed by atoms with Gasteiger partial charge in [-0.15, -0.1) is 0 Å². The van der Waals surface area contributed by atoms with Gasteiger partial charge in [-0.1, -0.05) is 47.5 Å². The summed E-state index contributed by atoms with van der Waals surface area (Å²) in [5.74, 6) is 0.877. The molecule has 0 fully saturated rings. The highest BCUT2D eigenvalue weighted by Gasteiger charge is 2.08. The third-order valence-electron chi connectivity index (χ3n) is 4.46. The highest BCUT2D eigenvalue weighted by atomic mass is 35.5. The van der Waals surface area contributed by atoms with Crippen molar-refractivity contribution in [3.05, 3.63) is 93.2 Å². The Morgan fingerprint density at radius 3 is 2.38 bits per heavy atom. The normalized spacial score (nSPS) is 10.8. The van der Waals surface area contributed by atoms with Crippen molar-refractivity contribution in [1.82, 2.24) is 5.32 Å². The topological polar surface area (TPSA) is 30.5 Å². The molecule has 0 heterocycles. The van der Waals surface area contributed by atoms with Gasteiger partial charge in [-0.05, 0) is 60.5 Å². The predicted molar refractivity (Wildman–Crippen MR) is 116 cm³/mol. The molecule has 3 aromatic rings. The monoisotopic (exact) mass is 433 g/mol. The number of benzene rings is 3. The third kappa shape index (κ3) is 6.36. The Labute approximate surface area is 180 Å². The molecule has 0 saturated carbocycles. The molecule has 0 radical (unpaired) electrons. The molecule has 3 aromatic carbocycles. The van der Waals surface area contributed by atoms with Gasteiger partial charge < -0.3 is 14.8 Å².